The Morgan fingerprint density at radius 3 is 2.70 bits per heavy atom. The second kappa shape index (κ2) is 8.63. The maximum Gasteiger partial charge on any atom is 0.221 e. The summed E-state index contributed by atoms with van der Waals surface area (Å²) in [7, 11) is 1.75. The van der Waals surface area contributed by atoms with Crippen LogP contribution in [0.3, 0.4) is 0 Å². The van der Waals surface area contributed by atoms with Crippen molar-refractivity contribution >= 4 is 11.9 Å². The monoisotopic (exact) mass is 372 g/mol. The van der Waals surface area contributed by atoms with Crippen molar-refractivity contribution in [2.75, 3.05) is 13.6 Å². The molecule has 1 unspecified atom stereocenters. The molecule has 1 aromatic rings. The lowest BCUT2D eigenvalue weighted by atomic mass is 9.90. The number of hydrogen-bond donors (Lipinski definition) is 3. The summed E-state index contributed by atoms with van der Waals surface area (Å²) in [5.41, 5.74) is 0.894. The van der Waals surface area contributed by atoms with Gasteiger partial charge in [-0.05, 0) is 32.8 Å². The first-order chi connectivity index (χ1) is 13.0. The minimum Gasteiger partial charge on any atom is -0.487 e. The molecule has 0 spiro atoms. The molecule has 3 N–H and O–H groups in total. The van der Waals surface area contributed by atoms with Gasteiger partial charge in [-0.15, -0.1) is 0 Å². The molecule has 0 saturated heterocycles. The van der Waals surface area contributed by atoms with E-state index in [4.69, 9.17) is 4.74 Å². The van der Waals surface area contributed by atoms with Gasteiger partial charge in [-0.25, -0.2) is 0 Å². The zero-order valence-electron chi connectivity index (χ0n) is 16.7. The highest BCUT2D eigenvalue weighted by Gasteiger charge is 2.33. The fraction of sp³-hybridized carbons (Fsp3) is 0.619. The van der Waals surface area contributed by atoms with Gasteiger partial charge in [0, 0.05) is 38.0 Å². The molecule has 3 rings (SSSR count). The second-order valence-corrected chi connectivity index (χ2v) is 8.10. The van der Waals surface area contributed by atoms with Gasteiger partial charge < -0.3 is 20.7 Å². The molecule has 2 aliphatic rings. The van der Waals surface area contributed by atoms with Crippen molar-refractivity contribution in [3.05, 3.63) is 29.8 Å². The minimum atomic E-state index is -0.244. The van der Waals surface area contributed by atoms with Gasteiger partial charge in [-0.2, -0.15) is 0 Å². The molecule has 1 heterocycles. The normalized spacial score (nSPS) is 21.9. The Balaban J connectivity index is 1.52. The number of hydrogen-bond acceptors (Lipinski definition) is 3. The van der Waals surface area contributed by atoms with E-state index >= 15 is 0 Å². The molecule has 1 saturated carbocycles. The molecule has 6 heteroatoms. The van der Waals surface area contributed by atoms with E-state index in [-0.39, 0.29) is 17.6 Å². The van der Waals surface area contributed by atoms with Crippen LogP contribution in [0.15, 0.2) is 29.3 Å². The number of ether oxygens (including phenoxy) is 1. The van der Waals surface area contributed by atoms with Crippen molar-refractivity contribution in [2.45, 2.75) is 70.1 Å². The van der Waals surface area contributed by atoms with Gasteiger partial charge in [-0.3, -0.25) is 9.79 Å². The Morgan fingerprint density at radius 1 is 1.22 bits per heavy atom. The topological polar surface area (TPSA) is 74.8 Å². The lowest BCUT2D eigenvalue weighted by Gasteiger charge is -2.38. The quantitative estimate of drug-likeness (QED) is 0.549. The zero-order valence-corrected chi connectivity index (χ0v) is 16.7. The molecule has 27 heavy (non-hydrogen) atoms. The lowest BCUT2D eigenvalue weighted by Crippen LogP contribution is -2.46. The van der Waals surface area contributed by atoms with E-state index in [0.717, 1.165) is 30.6 Å². The molecule has 0 aromatic heterocycles. The maximum absolute atomic E-state index is 12.1. The third-order valence-electron chi connectivity index (χ3n) is 5.28. The first-order valence-electron chi connectivity index (χ1n) is 10.0. The number of fused-ring (bicyclic) bond motifs is 1. The van der Waals surface area contributed by atoms with Gasteiger partial charge in [0.25, 0.3) is 0 Å². The van der Waals surface area contributed by atoms with Crippen molar-refractivity contribution < 1.29 is 9.53 Å². The highest BCUT2D eigenvalue weighted by atomic mass is 16.5. The number of rotatable bonds is 5. The number of para-hydroxylation sites is 1. The highest BCUT2D eigenvalue weighted by Crippen LogP contribution is 2.39. The van der Waals surface area contributed by atoms with E-state index in [0.29, 0.717) is 25.0 Å². The number of carbonyl (C=O) groups is 1. The Kier molecular flexibility index (Phi) is 6.24. The van der Waals surface area contributed by atoms with E-state index in [9.17, 15) is 4.79 Å². The molecule has 1 aromatic carbocycles. The fourth-order valence-electron chi connectivity index (χ4n) is 3.96. The van der Waals surface area contributed by atoms with Crippen molar-refractivity contribution in [1.29, 1.82) is 0 Å². The summed E-state index contributed by atoms with van der Waals surface area (Å²) in [6, 6.07) is 8.60. The van der Waals surface area contributed by atoms with Crippen LogP contribution in [-0.4, -0.2) is 37.1 Å². The summed E-state index contributed by atoms with van der Waals surface area (Å²) in [5.74, 6) is 1.74. The van der Waals surface area contributed by atoms with E-state index in [1.807, 2.05) is 18.2 Å². The largest absolute Gasteiger partial charge is 0.487 e. The van der Waals surface area contributed by atoms with Crippen molar-refractivity contribution in [1.82, 2.24) is 16.0 Å². The van der Waals surface area contributed by atoms with Gasteiger partial charge in [0.1, 0.15) is 11.4 Å². The van der Waals surface area contributed by atoms with Gasteiger partial charge >= 0.3 is 0 Å². The number of nitrogens with zero attached hydrogens (tertiary/aromatic N) is 1. The van der Waals surface area contributed by atoms with E-state index < -0.39 is 0 Å². The van der Waals surface area contributed by atoms with Crippen LogP contribution in [0.1, 0.15) is 64.0 Å². The molecule has 148 valence electrons. The van der Waals surface area contributed by atoms with Gasteiger partial charge in [-0.1, -0.05) is 31.0 Å². The molecule has 1 fully saturated rings. The van der Waals surface area contributed by atoms with Crippen molar-refractivity contribution in [3.63, 3.8) is 0 Å². The molecular formula is C21H32N4O2. The van der Waals surface area contributed by atoms with Gasteiger partial charge in [0.2, 0.25) is 5.91 Å². The molecule has 1 atom stereocenters. The van der Waals surface area contributed by atoms with Crippen molar-refractivity contribution in [2.24, 2.45) is 4.99 Å². The highest BCUT2D eigenvalue weighted by molar-refractivity contribution is 5.81. The van der Waals surface area contributed by atoms with Gasteiger partial charge in [0.15, 0.2) is 5.96 Å². The number of carbonyl (C=O) groups excluding carboxylic acids is 1. The summed E-state index contributed by atoms with van der Waals surface area (Å²) >= 11 is 0. The molecule has 0 bridgehead atoms. The molecule has 1 aliphatic heterocycles. The average molecular weight is 373 g/mol. The predicted molar refractivity (Wildman–Crippen MR) is 108 cm³/mol. The fourth-order valence-corrected chi connectivity index (χ4v) is 3.96. The van der Waals surface area contributed by atoms with E-state index in [1.165, 1.54) is 12.8 Å². The first kappa shape index (κ1) is 19.5. The summed E-state index contributed by atoms with van der Waals surface area (Å²) in [6.45, 7) is 4.76. The average Bonchev–Trinajstić information content (AvgIpc) is 3.12. The van der Waals surface area contributed by atoms with Crippen LogP contribution in [0, 0.1) is 0 Å². The second-order valence-electron chi connectivity index (χ2n) is 8.10. The number of benzene rings is 1. The maximum atomic E-state index is 12.1. The zero-order chi connectivity index (χ0) is 19.3. The predicted octanol–water partition coefficient (Wildman–Crippen LogP) is 2.90. The smallest absolute Gasteiger partial charge is 0.221 e. The number of amides is 1. The van der Waals surface area contributed by atoms with Gasteiger partial charge in [0.05, 0.1) is 6.04 Å². The molecular weight excluding hydrogens is 340 g/mol. The summed E-state index contributed by atoms with van der Waals surface area (Å²) in [4.78, 5) is 16.4. The summed E-state index contributed by atoms with van der Waals surface area (Å²) in [6.07, 6.45) is 5.97. The minimum absolute atomic E-state index is 0.113. The lowest BCUT2D eigenvalue weighted by molar-refractivity contribution is -0.121. The summed E-state index contributed by atoms with van der Waals surface area (Å²) < 4.78 is 6.09. The summed E-state index contributed by atoms with van der Waals surface area (Å²) in [5, 5.41) is 9.88. The third-order valence-corrected chi connectivity index (χ3v) is 5.28. The third kappa shape index (κ3) is 5.37. The standard InChI is InChI=1S/C21H32N4O2/c1-21(2)14-17(16-10-6-7-11-18(16)27-21)25-20(22-3)23-13-12-19(26)24-15-8-4-5-9-15/h6-7,10-11,15,17H,4-5,8-9,12-14H2,1-3H3,(H,24,26)(H2,22,23,25). The van der Waals surface area contributed by atoms with Crippen LogP contribution in [0.25, 0.3) is 0 Å². The van der Waals surface area contributed by atoms with Crippen LogP contribution in [0.5, 0.6) is 5.75 Å². The Morgan fingerprint density at radius 2 is 1.96 bits per heavy atom. The van der Waals surface area contributed by atoms with E-state index in [2.05, 4.69) is 40.9 Å². The first-order valence-corrected chi connectivity index (χ1v) is 10.0. The Bertz CT molecular complexity index is 681. The van der Waals surface area contributed by atoms with Crippen LogP contribution in [-0.2, 0) is 4.79 Å². The van der Waals surface area contributed by atoms with E-state index in [1.54, 1.807) is 7.05 Å². The Labute approximate surface area is 162 Å². The van der Waals surface area contributed by atoms with Crippen molar-refractivity contribution in [3.8, 4) is 5.75 Å². The van der Waals surface area contributed by atoms with Crippen LogP contribution >= 0.6 is 0 Å². The SMILES string of the molecule is CN=C(NCCC(=O)NC1CCCC1)NC1CC(C)(C)Oc2ccccc21. The molecule has 0 radical (unpaired) electrons. The number of guanidine groups is 1. The van der Waals surface area contributed by atoms with Crippen LogP contribution in [0.2, 0.25) is 0 Å². The van der Waals surface area contributed by atoms with Crippen LogP contribution < -0.4 is 20.7 Å². The Hall–Kier alpha value is -2.24. The molecule has 1 aliphatic carbocycles. The number of aliphatic imine (C=N–C) groups is 1. The number of nitrogens with one attached hydrogen (secondary N) is 3. The molecule has 1 amide bonds. The molecule has 6 nitrogen and oxygen atoms in total. The van der Waals surface area contributed by atoms with Crippen LogP contribution in [0.4, 0.5) is 0 Å².